The highest BCUT2D eigenvalue weighted by Gasteiger charge is 2.14. The van der Waals surface area contributed by atoms with Crippen molar-refractivity contribution >= 4 is 11.6 Å². The molecule has 1 aliphatic rings. The predicted molar refractivity (Wildman–Crippen MR) is 69.8 cm³/mol. The van der Waals surface area contributed by atoms with Crippen LogP contribution in [-0.4, -0.2) is 41.3 Å². The van der Waals surface area contributed by atoms with Gasteiger partial charge in [-0.25, -0.2) is 0 Å². The first-order valence-corrected chi connectivity index (χ1v) is 6.29. The molecule has 2 heterocycles. The van der Waals surface area contributed by atoms with E-state index < -0.39 is 0 Å². The first-order valence-electron chi connectivity index (χ1n) is 6.29. The van der Waals surface area contributed by atoms with Gasteiger partial charge in [-0.3, -0.25) is 0 Å². The van der Waals surface area contributed by atoms with Crippen LogP contribution in [-0.2, 0) is 0 Å². The van der Waals surface area contributed by atoms with Crippen LogP contribution >= 0.6 is 0 Å². The lowest BCUT2D eigenvalue weighted by Gasteiger charge is -2.20. The fraction of sp³-hybridized carbons (Fsp3) is 0.667. The molecular weight excluding hydrogens is 214 g/mol. The highest BCUT2D eigenvalue weighted by Crippen LogP contribution is 2.11. The van der Waals surface area contributed by atoms with Crippen LogP contribution in [0.4, 0.5) is 11.6 Å². The Morgan fingerprint density at radius 2 is 2.12 bits per heavy atom. The third kappa shape index (κ3) is 3.85. The van der Waals surface area contributed by atoms with Crippen LogP contribution in [0.1, 0.15) is 19.8 Å². The number of nitrogens with zero attached hydrogens (tertiary/aromatic N) is 3. The van der Waals surface area contributed by atoms with Crippen molar-refractivity contribution < 1.29 is 0 Å². The minimum atomic E-state index is 0.459. The summed E-state index contributed by atoms with van der Waals surface area (Å²) in [5.74, 6) is 1.88. The minimum Gasteiger partial charge on any atom is -0.382 e. The number of anilines is 2. The summed E-state index contributed by atoms with van der Waals surface area (Å²) < 4.78 is 0. The first-order chi connectivity index (χ1) is 8.24. The van der Waals surface area contributed by atoms with Crippen molar-refractivity contribution in [3.63, 3.8) is 0 Å². The van der Waals surface area contributed by atoms with Gasteiger partial charge in [0.15, 0.2) is 0 Å². The third-order valence-corrected chi connectivity index (χ3v) is 3.09. The average Bonchev–Trinajstić information content (AvgIpc) is 2.81. The van der Waals surface area contributed by atoms with E-state index in [4.69, 9.17) is 5.73 Å². The molecule has 1 atom stereocenters. The van der Waals surface area contributed by atoms with Gasteiger partial charge in [-0.1, -0.05) is 6.92 Å². The highest BCUT2D eigenvalue weighted by atomic mass is 15.2. The van der Waals surface area contributed by atoms with E-state index in [1.165, 1.54) is 25.9 Å². The summed E-state index contributed by atoms with van der Waals surface area (Å²) in [6.45, 7) is 6.86. The molecule has 1 unspecified atom stereocenters. The molecule has 0 amide bonds. The summed E-state index contributed by atoms with van der Waals surface area (Å²) >= 11 is 0. The minimum absolute atomic E-state index is 0.459. The summed E-state index contributed by atoms with van der Waals surface area (Å²) in [7, 11) is 0. The van der Waals surface area contributed by atoms with Gasteiger partial charge < -0.3 is 16.0 Å². The van der Waals surface area contributed by atoms with Crippen molar-refractivity contribution in [2.24, 2.45) is 5.92 Å². The maximum absolute atomic E-state index is 5.48. The number of rotatable bonds is 5. The number of hydrogen-bond acceptors (Lipinski definition) is 5. The van der Waals surface area contributed by atoms with Gasteiger partial charge in [-0.05, 0) is 44.0 Å². The normalized spacial score (nSPS) is 18.2. The van der Waals surface area contributed by atoms with Gasteiger partial charge in [0.05, 0.1) is 0 Å². The number of nitrogens with two attached hydrogens (primary N) is 1. The van der Waals surface area contributed by atoms with Gasteiger partial charge in [-0.2, -0.15) is 0 Å². The van der Waals surface area contributed by atoms with Crippen LogP contribution in [0.2, 0.25) is 0 Å². The Hall–Kier alpha value is -1.36. The topological polar surface area (TPSA) is 67.1 Å². The largest absolute Gasteiger partial charge is 0.382 e. The lowest BCUT2D eigenvalue weighted by Crippen LogP contribution is -2.29. The summed E-state index contributed by atoms with van der Waals surface area (Å²) in [5.41, 5.74) is 5.48. The van der Waals surface area contributed by atoms with E-state index in [1.807, 2.05) is 6.07 Å². The number of nitrogens with one attached hydrogen (secondary N) is 1. The van der Waals surface area contributed by atoms with Crippen LogP contribution in [0.5, 0.6) is 0 Å². The highest BCUT2D eigenvalue weighted by molar-refractivity contribution is 5.38. The molecule has 94 valence electrons. The van der Waals surface area contributed by atoms with Crippen molar-refractivity contribution in [2.75, 3.05) is 37.2 Å². The van der Waals surface area contributed by atoms with Gasteiger partial charge in [0.25, 0.3) is 0 Å². The Morgan fingerprint density at radius 3 is 2.76 bits per heavy atom. The second-order valence-corrected chi connectivity index (χ2v) is 4.84. The fourth-order valence-electron chi connectivity index (χ4n) is 2.19. The number of hydrogen-bond donors (Lipinski definition) is 2. The zero-order chi connectivity index (χ0) is 12.1. The van der Waals surface area contributed by atoms with E-state index in [0.29, 0.717) is 11.7 Å². The SMILES string of the molecule is CC(CNc1ccc(N)nn1)CN1CCCC1. The summed E-state index contributed by atoms with van der Waals surface area (Å²) in [6, 6.07) is 3.63. The van der Waals surface area contributed by atoms with Gasteiger partial charge in [0.2, 0.25) is 0 Å². The molecule has 1 aliphatic heterocycles. The molecular formula is C12H21N5. The molecule has 1 saturated heterocycles. The smallest absolute Gasteiger partial charge is 0.148 e. The van der Waals surface area contributed by atoms with E-state index in [2.05, 4.69) is 27.3 Å². The van der Waals surface area contributed by atoms with Crippen LogP contribution in [0, 0.1) is 5.92 Å². The molecule has 5 nitrogen and oxygen atoms in total. The van der Waals surface area contributed by atoms with Gasteiger partial charge >= 0.3 is 0 Å². The Balaban J connectivity index is 1.71. The summed E-state index contributed by atoms with van der Waals surface area (Å²) in [6.07, 6.45) is 2.70. The molecule has 3 N–H and O–H groups in total. The second-order valence-electron chi connectivity index (χ2n) is 4.84. The molecule has 0 saturated carbocycles. The lowest BCUT2D eigenvalue weighted by atomic mass is 10.1. The second kappa shape index (κ2) is 5.82. The number of nitrogen functional groups attached to an aromatic ring is 1. The third-order valence-electron chi connectivity index (χ3n) is 3.09. The Morgan fingerprint density at radius 1 is 1.35 bits per heavy atom. The molecule has 0 aliphatic carbocycles. The Bertz CT molecular complexity index is 331. The maximum Gasteiger partial charge on any atom is 0.148 e. The zero-order valence-corrected chi connectivity index (χ0v) is 10.4. The predicted octanol–water partition coefficient (Wildman–Crippen LogP) is 1.20. The van der Waals surface area contributed by atoms with E-state index >= 15 is 0 Å². The van der Waals surface area contributed by atoms with E-state index in [-0.39, 0.29) is 0 Å². The fourth-order valence-corrected chi connectivity index (χ4v) is 2.19. The van der Waals surface area contributed by atoms with Crippen molar-refractivity contribution in [1.29, 1.82) is 0 Å². The molecule has 0 radical (unpaired) electrons. The van der Waals surface area contributed by atoms with Crippen LogP contribution in [0.15, 0.2) is 12.1 Å². The molecule has 17 heavy (non-hydrogen) atoms. The zero-order valence-electron chi connectivity index (χ0n) is 10.4. The Kier molecular flexibility index (Phi) is 4.14. The molecule has 1 aromatic heterocycles. The molecule has 0 aromatic carbocycles. The number of aromatic nitrogens is 2. The van der Waals surface area contributed by atoms with Gasteiger partial charge in [0.1, 0.15) is 11.6 Å². The monoisotopic (exact) mass is 235 g/mol. The molecule has 1 fully saturated rings. The summed E-state index contributed by atoms with van der Waals surface area (Å²) in [5, 5.41) is 11.1. The molecule has 2 rings (SSSR count). The van der Waals surface area contributed by atoms with Gasteiger partial charge in [-0.15, -0.1) is 10.2 Å². The molecule has 1 aromatic rings. The lowest BCUT2D eigenvalue weighted by molar-refractivity contribution is 0.294. The van der Waals surface area contributed by atoms with Crippen molar-refractivity contribution in [3.8, 4) is 0 Å². The molecule has 0 spiro atoms. The van der Waals surface area contributed by atoms with Crippen LogP contribution in [0.25, 0.3) is 0 Å². The van der Waals surface area contributed by atoms with Crippen LogP contribution < -0.4 is 11.1 Å². The van der Waals surface area contributed by atoms with Crippen molar-refractivity contribution in [2.45, 2.75) is 19.8 Å². The average molecular weight is 235 g/mol. The first kappa shape index (κ1) is 12.1. The van der Waals surface area contributed by atoms with Crippen LogP contribution in [0.3, 0.4) is 0 Å². The summed E-state index contributed by atoms with van der Waals surface area (Å²) in [4.78, 5) is 2.53. The quantitative estimate of drug-likeness (QED) is 0.802. The molecule has 5 heteroatoms. The maximum atomic E-state index is 5.48. The van der Waals surface area contributed by atoms with E-state index in [0.717, 1.165) is 18.9 Å². The van der Waals surface area contributed by atoms with Crippen molar-refractivity contribution in [3.05, 3.63) is 12.1 Å². The van der Waals surface area contributed by atoms with Gasteiger partial charge in [0, 0.05) is 13.1 Å². The Labute approximate surface area is 102 Å². The van der Waals surface area contributed by atoms with Crippen molar-refractivity contribution in [1.82, 2.24) is 15.1 Å². The van der Waals surface area contributed by atoms with E-state index in [1.54, 1.807) is 6.07 Å². The van der Waals surface area contributed by atoms with E-state index in [9.17, 15) is 0 Å². The molecule has 0 bridgehead atoms. The standard InChI is InChI=1S/C12H21N5/c1-10(9-17-6-2-3-7-17)8-14-12-5-4-11(13)15-16-12/h4-5,10H,2-3,6-9H2,1H3,(H2,13,15)(H,14,16). The number of likely N-dealkylation sites (tertiary alicyclic amines) is 1.